The van der Waals surface area contributed by atoms with Crippen LogP contribution in [0.1, 0.15) is 24.1 Å². The van der Waals surface area contributed by atoms with Crippen molar-refractivity contribution in [2.45, 2.75) is 19.5 Å². The second-order valence-corrected chi connectivity index (χ2v) is 8.73. The summed E-state index contributed by atoms with van der Waals surface area (Å²) in [6, 6.07) is 23.3. The number of hydrogen-bond donors (Lipinski definition) is 1. The van der Waals surface area contributed by atoms with Crippen molar-refractivity contribution < 1.29 is 19.0 Å². The van der Waals surface area contributed by atoms with Crippen molar-refractivity contribution in [2.24, 2.45) is 0 Å². The SMILES string of the molecule is CCOc1ccccc1NC(=O)[C@H](c1ccccc1)N1CCN(Cc2ccc3c(c2)OCO3)CC1. The molecule has 3 aromatic carbocycles. The molecule has 7 nitrogen and oxygen atoms in total. The number of benzene rings is 3. The molecular weight excluding hydrogens is 442 g/mol. The fourth-order valence-electron chi connectivity index (χ4n) is 4.69. The lowest BCUT2D eigenvalue weighted by molar-refractivity contribution is -0.122. The molecule has 182 valence electrons. The summed E-state index contributed by atoms with van der Waals surface area (Å²) in [7, 11) is 0. The summed E-state index contributed by atoms with van der Waals surface area (Å²) in [6.45, 7) is 6.95. The molecule has 2 heterocycles. The van der Waals surface area contributed by atoms with Crippen LogP contribution in [0.4, 0.5) is 5.69 Å². The van der Waals surface area contributed by atoms with Crippen LogP contribution in [0.25, 0.3) is 0 Å². The molecule has 0 aromatic heterocycles. The number of carbonyl (C=O) groups is 1. The molecule has 0 saturated carbocycles. The predicted molar refractivity (Wildman–Crippen MR) is 135 cm³/mol. The average molecular weight is 474 g/mol. The van der Waals surface area contributed by atoms with E-state index in [1.54, 1.807) is 0 Å². The number of anilines is 1. The number of rotatable bonds is 8. The maximum atomic E-state index is 13.6. The van der Waals surface area contributed by atoms with Gasteiger partial charge >= 0.3 is 0 Å². The van der Waals surface area contributed by atoms with Crippen molar-refractivity contribution in [3.63, 3.8) is 0 Å². The summed E-state index contributed by atoms with van der Waals surface area (Å²) in [5.41, 5.74) is 2.89. The number of piperazine rings is 1. The lowest BCUT2D eigenvalue weighted by atomic mass is 10.0. The molecule has 3 aromatic rings. The average Bonchev–Trinajstić information content (AvgIpc) is 3.35. The van der Waals surface area contributed by atoms with Gasteiger partial charge in [0.05, 0.1) is 12.3 Å². The van der Waals surface area contributed by atoms with Gasteiger partial charge in [0.1, 0.15) is 11.8 Å². The molecule has 1 saturated heterocycles. The number of amides is 1. The maximum Gasteiger partial charge on any atom is 0.246 e. The van der Waals surface area contributed by atoms with Gasteiger partial charge in [0, 0.05) is 32.7 Å². The van der Waals surface area contributed by atoms with Crippen LogP contribution in [0.2, 0.25) is 0 Å². The first-order valence-corrected chi connectivity index (χ1v) is 12.1. The molecule has 0 bridgehead atoms. The van der Waals surface area contributed by atoms with Gasteiger partial charge < -0.3 is 19.5 Å². The van der Waals surface area contributed by atoms with Crippen LogP contribution in [-0.4, -0.2) is 55.3 Å². The molecule has 1 amide bonds. The summed E-state index contributed by atoms with van der Waals surface area (Å²) >= 11 is 0. The fourth-order valence-corrected chi connectivity index (χ4v) is 4.69. The van der Waals surface area contributed by atoms with E-state index in [4.69, 9.17) is 14.2 Å². The number of fused-ring (bicyclic) bond motifs is 1. The van der Waals surface area contributed by atoms with Crippen LogP contribution in [0.3, 0.4) is 0 Å². The Labute approximate surface area is 206 Å². The highest BCUT2D eigenvalue weighted by molar-refractivity contribution is 5.96. The predicted octanol–water partition coefficient (Wildman–Crippen LogP) is 4.31. The number of carbonyl (C=O) groups excluding carboxylic acids is 1. The van der Waals surface area contributed by atoms with Crippen LogP contribution in [0, 0.1) is 0 Å². The van der Waals surface area contributed by atoms with Gasteiger partial charge in [-0.1, -0.05) is 48.5 Å². The van der Waals surface area contributed by atoms with E-state index in [0.717, 1.165) is 49.8 Å². The van der Waals surface area contributed by atoms with Gasteiger partial charge in [-0.05, 0) is 42.3 Å². The zero-order valence-electron chi connectivity index (χ0n) is 20.0. The number of ether oxygens (including phenoxy) is 3. The van der Waals surface area contributed by atoms with Gasteiger partial charge in [0.2, 0.25) is 12.7 Å². The van der Waals surface area contributed by atoms with Crippen molar-refractivity contribution in [3.05, 3.63) is 83.9 Å². The third kappa shape index (κ3) is 5.42. The Morgan fingerprint density at radius 1 is 0.943 bits per heavy atom. The smallest absolute Gasteiger partial charge is 0.246 e. The van der Waals surface area contributed by atoms with Gasteiger partial charge in [-0.15, -0.1) is 0 Å². The van der Waals surface area contributed by atoms with E-state index < -0.39 is 0 Å². The second kappa shape index (κ2) is 10.8. The molecule has 35 heavy (non-hydrogen) atoms. The molecule has 1 atom stereocenters. The second-order valence-electron chi connectivity index (χ2n) is 8.73. The van der Waals surface area contributed by atoms with Crippen molar-refractivity contribution in [3.8, 4) is 17.2 Å². The molecule has 5 rings (SSSR count). The number of nitrogens with one attached hydrogen (secondary N) is 1. The Morgan fingerprint density at radius 2 is 1.69 bits per heavy atom. The molecule has 2 aliphatic heterocycles. The number of nitrogens with zero attached hydrogens (tertiary/aromatic N) is 2. The summed E-state index contributed by atoms with van der Waals surface area (Å²) in [4.78, 5) is 18.3. The van der Waals surface area contributed by atoms with Gasteiger partial charge in [-0.3, -0.25) is 14.6 Å². The third-order valence-corrected chi connectivity index (χ3v) is 6.42. The lowest BCUT2D eigenvalue weighted by Gasteiger charge is -2.39. The first-order valence-electron chi connectivity index (χ1n) is 12.1. The van der Waals surface area contributed by atoms with Gasteiger partial charge in [-0.2, -0.15) is 0 Å². The Kier molecular flexibility index (Phi) is 7.16. The Balaban J connectivity index is 1.27. The van der Waals surface area contributed by atoms with E-state index in [9.17, 15) is 4.79 Å². The summed E-state index contributed by atoms with van der Waals surface area (Å²) in [5, 5.41) is 3.12. The molecule has 0 radical (unpaired) electrons. The molecule has 0 unspecified atom stereocenters. The minimum absolute atomic E-state index is 0.0485. The van der Waals surface area contributed by atoms with E-state index in [1.807, 2.05) is 67.6 Å². The first-order chi connectivity index (χ1) is 17.2. The Morgan fingerprint density at radius 3 is 2.49 bits per heavy atom. The maximum absolute atomic E-state index is 13.6. The molecule has 7 heteroatoms. The highest BCUT2D eigenvalue weighted by atomic mass is 16.7. The highest BCUT2D eigenvalue weighted by Crippen LogP contribution is 2.33. The molecule has 0 spiro atoms. The molecule has 1 fully saturated rings. The molecule has 2 aliphatic rings. The van der Waals surface area contributed by atoms with Crippen molar-refractivity contribution in [1.29, 1.82) is 0 Å². The standard InChI is InChI=1S/C28H31N3O4/c1-2-33-24-11-7-6-10-23(24)29-28(32)27(22-8-4-3-5-9-22)31-16-14-30(15-17-31)19-21-12-13-25-26(18-21)35-20-34-25/h3-13,18,27H,2,14-17,19-20H2,1H3,(H,29,32)/t27-/m0/s1. The largest absolute Gasteiger partial charge is 0.492 e. The van der Waals surface area contributed by atoms with E-state index in [0.29, 0.717) is 18.0 Å². The van der Waals surface area contributed by atoms with Crippen LogP contribution in [0.5, 0.6) is 17.2 Å². The zero-order valence-corrected chi connectivity index (χ0v) is 20.0. The van der Waals surface area contributed by atoms with Crippen LogP contribution >= 0.6 is 0 Å². The van der Waals surface area contributed by atoms with E-state index in [-0.39, 0.29) is 18.7 Å². The first kappa shape index (κ1) is 23.2. The number of para-hydroxylation sites is 2. The monoisotopic (exact) mass is 473 g/mol. The van der Waals surface area contributed by atoms with Gasteiger partial charge in [-0.25, -0.2) is 0 Å². The third-order valence-electron chi connectivity index (χ3n) is 6.42. The summed E-state index contributed by atoms with van der Waals surface area (Å²) in [6.07, 6.45) is 0. The van der Waals surface area contributed by atoms with Gasteiger partial charge in [0.25, 0.3) is 0 Å². The van der Waals surface area contributed by atoms with Crippen LogP contribution in [-0.2, 0) is 11.3 Å². The summed E-state index contributed by atoms with van der Waals surface area (Å²) in [5.74, 6) is 2.26. The van der Waals surface area contributed by atoms with Crippen molar-refractivity contribution in [1.82, 2.24) is 9.80 Å². The molecular formula is C28H31N3O4. The van der Waals surface area contributed by atoms with E-state index >= 15 is 0 Å². The quantitative estimate of drug-likeness (QED) is 0.526. The van der Waals surface area contributed by atoms with Gasteiger partial charge in [0.15, 0.2) is 11.5 Å². The molecule has 1 N–H and O–H groups in total. The normalized spacial score (nSPS) is 16.6. The Hall–Kier alpha value is -3.55. The lowest BCUT2D eigenvalue weighted by Crippen LogP contribution is -2.49. The zero-order chi connectivity index (χ0) is 24.0. The van der Waals surface area contributed by atoms with Crippen molar-refractivity contribution >= 4 is 11.6 Å². The van der Waals surface area contributed by atoms with Crippen molar-refractivity contribution in [2.75, 3.05) is 44.9 Å². The number of hydrogen-bond acceptors (Lipinski definition) is 6. The minimum atomic E-state index is -0.376. The van der Waals surface area contributed by atoms with Crippen LogP contribution in [0.15, 0.2) is 72.8 Å². The fraction of sp³-hybridized carbons (Fsp3) is 0.321. The topological polar surface area (TPSA) is 63.3 Å². The van der Waals surface area contributed by atoms with Crippen LogP contribution < -0.4 is 19.5 Å². The Bertz CT molecular complexity index is 1150. The molecule has 0 aliphatic carbocycles. The minimum Gasteiger partial charge on any atom is -0.492 e. The summed E-state index contributed by atoms with van der Waals surface area (Å²) < 4.78 is 16.7. The van der Waals surface area contributed by atoms with E-state index in [2.05, 4.69) is 27.2 Å². The van der Waals surface area contributed by atoms with E-state index in [1.165, 1.54) is 5.56 Å². The highest BCUT2D eigenvalue weighted by Gasteiger charge is 2.31.